The molecule has 5 heteroatoms. The minimum absolute atomic E-state index is 0.577. The van der Waals surface area contributed by atoms with Crippen molar-refractivity contribution in [2.45, 2.75) is 6.54 Å². The van der Waals surface area contributed by atoms with Crippen LogP contribution in [0, 0.1) is 0 Å². The van der Waals surface area contributed by atoms with Gasteiger partial charge in [-0.1, -0.05) is 24.3 Å². The number of aromatic nitrogens is 4. The minimum Gasteiger partial charge on any atom is -0.491 e. The van der Waals surface area contributed by atoms with Crippen LogP contribution in [0.1, 0.15) is 0 Å². The Morgan fingerprint density at radius 2 is 1.91 bits per heavy atom. The van der Waals surface area contributed by atoms with Crippen LogP contribution in [0.15, 0.2) is 67.3 Å². The summed E-state index contributed by atoms with van der Waals surface area (Å²) in [5.74, 6) is 1.65. The van der Waals surface area contributed by atoms with E-state index >= 15 is 0 Å². The molecular formula is C18H16N4O. The van der Waals surface area contributed by atoms with E-state index in [4.69, 9.17) is 4.74 Å². The maximum Gasteiger partial charge on any atom is 0.142 e. The molecule has 4 aromatic rings. The Labute approximate surface area is 133 Å². The van der Waals surface area contributed by atoms with Crippen LogP contribution in [0.4, 0.5) is 0 Å². The smallest absolute Gasteiger partial charge is 0.142 e. The van der Waals surface area contributed by atoms with Crippen molar-refractivity contribution in [3.63, 3.8) is 0 Å². The van der Waals surface area contributed by atoms with Crippen LogP contribution in [0.3, 0.4) is 0 Å². The Morgan fingerprint density at radius 3 is 2.78 bits per heavy atom. The average molecular weight is 304 g/mol. The SMILES string of the molecule is c1ccc(-c2nc3ccccc3[nH]2)c(OCCn2ccnc2)c1. The Bertz CT molecular complexity index is 879. The molecule has 0 saturated carbocycles. The molecule has 0 saturated heterocycles. The van der Waals surface area contributed by atoms with Gasteiger partial charge in [0.2, 0.25) is 0 Å². The number of para-hydroxylation sites is 3. The third kappa shape index (κ3) is 2.81. The third-order valence-corrected chi connectivity index (χ3v) is 3.70. The van der Waals surface area contributed by atoms with E-state index in [1.165, 1.54) is 0 Å². The lowest BCUT2D eigenvalue weighted by Gasteiger charge is -2.10. The summed E-state index contributed by atoms with van der Waals surface area (Å²) in [6.07, 6.45) is 5.48. The maximum atomic E-state index is 5.95. The number of nitrogens with one attached hydrogen (secondary N) is 1. The summed E-state index contributed by atoms with van der Waals surface area (Å²) in [6.45, 7) is 1.34. The van der Waals surface area contributed by atoms with Crippen molar-refractivity contribution in [1.29, 1.82) is 0 Å². The van der Waals surface area contributed by atoms with Gasteiger partial charge in [-0.25, -0.2) is 9.97 Å². The van der Waals surface area contributed by atoms with Crippen LogP contribution in [0.2, 0.25) is 0 Å². The quantitative estimate of drug-likeness (QED) is 0.614. The monoisotopic (exact) mass is 304 g/mol. The van der Waals surface area contributed by atoms with Gasteiger partial charge in [-0.05, 0) is 24.3 Å². The Kier molecular flexibility index (Phi) is 3.52. The lowest BCUT2D eigenvalue weighted by atomic mass is 10.2. The predicted molar refractivity (Wildman–Crippen MR) is 89.3 cm³/mol. The number of fused-ring (bicyclic) bond motifs is 1. The summed E-state index contributed by atoms with van der Waals surface area (Å²) in [4.78, 5) is 12.0. The second-order valence-electron chi connectivity index (χ2n) is 5.25. The number of H-pyrrole nitrogens is 1. The first kappa shape index (κ1) is 13.6. The molecule has 0 bridgehead atoms. The molecule has 1 N–H and O–H groups in total. The van der Waals surface area contributed by atoms with E-state index < -0.39 is 0 Å². The van der Waals surface area contributed by atoms with Gasteiger partial charge in [0.05, 0.1) is 29.5 Å². The summed E-state index contributed by atoms with van der Waals surface area (Å²) in [5, 5.41) is 0. The normalized spacial score (nSPS) is 11.0. The molecule has 0 aliphatic carbocycles. The zero-order valence-corrected chi connectivity index (χ0v) is 12.5. The fourth-order valence-corrected chi connectivity index (χ4v) is 2.55. The molecule has 0 atom stereocenters. The molecule has 114 valence electrons. The molecular weight excluding hydrogens is 288 g/mol. The van der Waals surface area contributed by atoms with Crippen LogP contribution in [0.5, 0.6) is 5.75 Å². The number of hydrogen-bond acceptors (Lipinski definition) is 3. The van der Waals surface area contributed by atoms with Crippen molar-refractivity contribution in [1.82, 2.24) is 19.5 Å². The Hall–Kier alpha value is -3.08. The van der Waals surface area contributed by atoms with Crippen molar-refractivity contribution in [2.24, 2.45) is 0 Å². The van der Waals surface area contributed by atoms with E-state index in [0.717, 1.165) is 34.7 Å². The number of aromatic amines is 1. The first-order valence-electron chi connectivity index (χ1n) is 7.53. The van der Waals surface area contributed by atoms with Crippen LogP contribution in [-0.4, -0.2) is 26.1 Å². The molecule has 0 radical (unpaired) electrons. The molecule has 2 heterocycles. The molecule has 23 heavy (non-hydrogen) atoms. The highest BCUT2D eigenvalue weighted by Gasteiger charge is 2.10. The Balaban J connectivity index is 1.58. The first-order valence-corrected chi connectivity index (χ1v) is 7.53. The van der Waals surface area contributed by atoms with Gasteiger partial charge >= 0.3 is 0 Å². The number of rotatable bonds is 5. The molecule has 5 nitrogen and oxygen atoms in total. The second kappa shape index (κ2) is 5.96. The summed E-state index contributed by atoms with van der Waals surface area (Å²) >= 11 is 0. The largest absolute Gasteiger partial charge is 0.491 e. The van der Waals surface area contributed by atoms with Crippen molar-refractivity contribution >= 4 is 11.0 Å². The molecule has 0 spiro atoms. The van der Waals surface area contributed by atoms with E-state index in [9.17, 15) is 0 Å². The highest BCUT2D eigenvalue weighted by atomic mass is 16.5. The fraction of sp³-hybridized carbons (Fsp3) is 0.111. The highest BCUT2D eigenvalue weighted by Crippen LogP contribution is 2.29. The van der Waals surface area contributed by atoms with Crippen molar-refractivity contribution in [2.75, 3.05) is 6.61 Å². The van der Waals surface area contributed by atoms with Gasteiger partial charge in [0.15, 0.2) is 0 Å². The summed E-state index contributed by atoms with van der Waals surface area (Å²) < 4.78 is 7.94. The van der Waals surface area contributed by atoms with E-state index in [0.29, 0.717) is 6.61 Å². The van der Waals surface area contributed by atoms with Crippen molar-refractivity contribution in [3.05, 3.63) is 67.3 Å². The number of imidazole rings is 2. The van der Waals surface area contributed by atoms with Crippen LogP contribution in [0.25, 0.3) is 22.4 Å². The van der Waals surface area contributed by atoms with Crippen molar-refractivity contribution in [3.8, 4) is 17.1 Å². The lowest BCUT2D eigenvalue weighted by Crippen LogP contribution is -2.07. The molecule has 0 aliphatic rings. The zero-order chi connectivity index (χ0) is 15.5. The second-order valence-corrected chi connectivity index (χ2v) is 5.25. The summed E-state index contributed by atoms with van der Waals surface area (Å²) in [7, 11) is 0. The number of benzene rings is 2. The number of hydrogen-bond donors (Lipinski definition) is 1. The van der Waals surface area contributed by atoms with Crippen LogP contribution < -0.4 is 4.74 Å². The van der Waals surface area contributed by atoms with Crippen LogP contribution in [-0.2, 0) is 6.54 Å². The Morgan fingerprint density at radius 1 is 1.04 bits per heavy atom. The average Bonchev–Trinajstić information content (AvgIpc) is 3.24. The van der Waals surface area contributed by atoms with Gasteiger partial charge < -0.3 is 14.3 Å². The van der Waals surface area contributed by atoms with Gasteiger partial charge in [-0.2, -0.15) is 0 Å². The predicted octanol–water partition coefficient (Wildman–Crippen LogP) is 3.51. The summed E-state index contributed by atoms with van der Waals surface area (Å²) in [5.41, 5.74) is 2.95. The molecule has 0 amide bonds. The maximum absolute atomic E-state index is 5.95. The molecule has 2 aromatic carbocycles. The van der Waals surface area contributed by atoms with Gasteiger partial charge in [0.1, 0.15) is 18.2 Å². The molecule has 0 aliphatic heterocycles. The topological polar surface area (TPSA) is 55.7 Å². The van der Waals surface area contributed by atoms with Gasteiger partial charge in [0, 0.05) is 12.4 Å². The molecule has 2 aromatic heterocycles. The minimum atomic E-state index is 0.577. The highest BCUT2D eigenvalue weighted by molar-refractivity contribution is 5.80. The first-order chi connectivity index (χ1) is 11.4. The molecule has 0 unspecified atom stereocenters. The number of nitrogens with zero attached hydrogens (tertiary/aromatic N) is 3. The van der Waals surface area contributed by atoms with Crippen molar-refractivity contribution < 1.29 is 4.74 Å². The molecule has 0 fully saturated rings. The van der Waals surface area contributed by atoms with Gasteiger partial charge in [-0.3, -0.25) is 0 Å². The van der Waals surface area contributed by atoms with E-state index in [1.54, 1.807) is 12.5 Å². The zero-order valence-electron chi connectivity index (χ0n) is 12.5. The van der Waals surface area contributed by atoms with E-state index in [-0.39, 0.29) is 0 Å². The summed E-state index contributed by atoms with van der Waals surface area (Å²) in [6, 6.07) is 16.0. The van der Waals surface area contributed by atoms with Gasteiger partial charge in [-0.15, -0.1) is 0 Å². The fourth-order valence-electron chi connectivity index (χ4n) is 2.55. The van der Waals surface area contributed by atoms with E-state index in [1.807, 2.05) is 59.3 Å². The standard InChI is InChI=1S/C18H16N4O/c1-4-8-17(23-12-11-22-10-9-19-13-22)14(5-1)18-20-15-6-2-3-7-16(15)21-18/h1-10,13H,11-12H2,(H,20,21). The van der Waals surface area contributed by atoms with Crippen LogP contribution >= 0.6 is 0 Å². The van der Waals surface area contributed by atoms with Gasteiger partial charge in [0.25, 0.3) is 0 Å². The third-order valence-electron chi connectivity index (χ3n) is 3.70. The lowest BCUT2D eigenvalue weighted by molar-refractivity contribution is 0.299. The van der Waals surface area contributed by atoms with E-state index in [2.05, 4.69) is 15.0 Å². The molecule has 4 rings (SSSR count). The number of ether oxygens (including phenoxy) is 1.